The molecule has 0 bridgehead atoms. The van der Waals surface area contributed by atoms with Crippen molar-refractivity contribution in [3.05, 3.63) is 48.3 Å². The van der Waals surface area contributed by atoms with Gasteiger partial charge in [0.25, 0.3) is 5.91 Å². The molecule has 1 aromatic carbocycles. The van der Waals surface area contributed by atoms with Crippen LogP contribution in [0.4, 0.5) is 31.1 Å². The van der Waals surface area contributed by atoms with Crippen LogP contribution in [0.3, 0.4) is 0 Å². The van der Waals surface area contributed by atoms with Crippen molar-refractivity contribution in [2.75, 3.05) is 13.1 Å². The molecule has 2 aliphatic heterocycles. The highest BCUT2D eigenvalue weighted by Crippen LogP contribution is 2.27. The van der Waals surface area contributed by atoms with Gasteiger partial charge in [-0.2, -0.15) is 26.3 Å². The Morgan fingerprint density at radius 3 is 2.19 bits per heavy atom. The van der Waals surface area contributed by atoms with E-state index in [0.29, 0.717) is 5.56 Å². The molecule has 176 valence electrons. The van der Waals surface area contributed by atoms with Crippen LogP contribution < -0.4 is 16.0 Å². The van der Waals surface area contributed by atoms with E-state index in [9.17, 15) is 40.7 Å². The number of piperazine rings is 1. The summed E-state index contributed by atoms with van der Waals surface area (Å²) in [5.74, 6) is -2.33. The summed E-state index contributed by atoms with van der Waals surface area (Å²) in [5, 5.41) is 6.10. The third-order valence-corrected chi connectivity index (χ3v) is 4.08. The van der Waals surface area contributed by atoms with E-state index in [1.54, 1.807) is 30.3 Å². The van der Waals surface area contributed by atoms with Crippen LogP contribution in [0.2, 0.25) is 0 Å². The highest BCUT2D eigenvalue weighted by atomic mass is 19.4. The number of alkyl halides is 6. The zero-order valence-electron chi connectivity index (χ0n) is 16.2. The van der Waals surface area contributed by atoms with Gasteiger partial charge in [0.15, 0.2) is 6.04 Å². The van der Waals surface area contributed by atoms with Crippen LogP contribution in [0.1, 0.15) is 5.56 Å². The average molecular weight is 468 g/mol. The van der Waals surface area contributed by atoms with Gasteiger partial charge in [0.2, 0.25) is 11.9 Å². The number of nitrogens with one attached hydrogen (secondary N) is 3. The monoisotopic (exact) mass is 468 g/mol. The third-order valence-electron chi connectivity index (χ3n) is 4.08. The lowest BCUT2D eigenvalue weighted by Crippen LogP contribution is -2.59. The van der Waals surface area contributed by atoms with E-state index in [4.69, 9.17) is 4.74 Å². The fraction of sp³-hybridized carbons (Fsp3) is 0.389. The summed E-state index contributed by atoms with van der Waals surface area (Å²) in [7, 11) is 0. The predicted molar refractivity (Wildman–Crippen MR) is 96.4 cm³/mol. The second-order valence-electron chi connectivity index (χ2n) is 6.44. The molecule has 2 atom stereocenters. The first-order valence-electron chi connectivity index (χ1n) is 9.02. The lowest BCUT2D eigenvalue weighted by Gasteiger charge is -2.30. The van der Waals surface area contributed by atoms with Gasteiger partial charge in [0.05, 0.1) is 0 Å². The van der Waals surface area contributed by atoms with Gasteiger partial charge in [-0.25, -0.2) is 4.79 Å². The van der Waals surface area contributed by atoms with Crippen molar-refractivity contribution < 1.29 is 45.5 Å². The van der Waals surface area contributed by atoms with Gasteiger partial charge in [-0.3, -0.25) is 19.8 Å². The summed E-state index contributed by atoms with van der Waals surface area (Å²) in [5.41, 5.74) is 0.625. The summed E-state index contributed by atoms with van der Waals surface area (Å²) in [4.78, 5) is 33.8. The molecule has 0 radical (unpaired) electrons. The lowest BCUT2D eigenvalue weighted by molar-refractivity contribution is -0.182. The standard InChI is InChI=1S/C13H11F3N2O3.C5H7F3N2O/c14-13(15,16)10-11(19)17-6-7-18(10)12(20)21-8-9-4-2-1-3-5-9;6-5(7,8)3-4(11)10-2-1-9-3/h1-7,10H,8H2,(H,17,19);3,9H,1-2H2,(H,10,11). The maximum atomic E-state index is 12.8. The smallest absolute Gasteiger partial charge is 0.418 e. The highest BCUT2D eigenvalue weighted by molar-refractivity contribution is 5.89. The van der Waals surface area contributed by atoms with Crippen molar-refractivity contribution in [1.82, 2.24) is 20.9 Å². The zero-order chi connectivity index (χ0) is 23.9. The number of carbonyl (C=O) groups is 3. The van der Waals surface area contributed by atoms with Crippen molar-refractivity contribution in [1.29, 1.82) is 0 Å². The third kappa shape index (κ3) is 6.87. The van der Waals surface area contributed by atoms with Crippen LogP contribution in [0.15, 0.2) is 42.7 Å². The second-order valence-corrected chi connectivity index (χ2v) is 6.44. The topological polar surface area (TPSA) is 99.8 Å². The van der Waals surface area contributed by atoms with Crippen LogP contribution in [0, 0.1) is 0 Å². The molecule has 2 unspecified atom stereocenters. The first-order valence-corrected chi connectivity index (χ1v) is 9.02. The molecule has 3 amide bonds. The molecule has 1 fully saturated rings. The number of carbonyl (C=O) groups excluding carboxylic acids is 3. The maximum absolute atomic E-state index is 12.8. The molecular weight excluding hydrogens is 450 g/mol. The fourth-order valence-corrected chi connectivity index (χ4v) is 2.62. The quantitative estimate of drug-likeness (QED) is 0.575. The lowest BCUT2D eigenvalue weighted by atomic mass is 10.2. The van der Waals surface area contributed by atoms with Crippen LogP contribution in [0.25, 0.3) is 0 Å². The largest absolute Gasteiger partial charge is 0.444 e. The summed E-state index contributed by atoms with van der Waals surface area (Å²) in [6.45, 7) is 0.234. The first kappa shape index (κ1) is 25.0. The van der Waals surface area contributed by atoms with E-state index in [-0.39, 0.29) is 24.6 Å². The minimum atomic E-state index is -4.89. The predicted octanol–water partition coefficient (Wildman–Crippen LogP) is 1.79. The van der Waals surface area contributed by atoms with Crippen LogP contribution in [-0.2, 0) is 20.9 Å². The van der Waals surface area contributed by atoms with Gasteiger partial charge in [0.1, 0.15) is 6.61 Å². The Kier molecular flexibility index (Phi) is 8.08. The van der Waals surface area contributed by atoms with E-state index in [1.807, 2.05) is 5.32 Å². The minimum absolute atomic E-state index is 0.163. The van der Waals surface area contributed by atoms with Crippen molar-refractivity contribution in [2.24, 2.45) is 0 Å². The molecule has 0 saturated carbocycles. The van der Waals surface area contributed by atoms with Crippen LogP contribution in [-0.4, -0.2) is 60.3 Å². The summed E-state index contributed by atoms with van der Waals surface area (Å²) in [6, 6.07) is 3.86. The molecule has 3 rings (SSSR count). The Hall–Kier alpha value is -3.29. The van der Waals surface area contributed by atoms with Gasteiger partial charge >= 0.3 is 18.4 Å². The Morgan fingerprint density at radius 2 is 1.66 bits per heavy atom. The van der Waals surface area contributed by atoms with Gasteiger partial charge in [0, 0.05) is 25.5 Å². The number of hydrogen-bond acceptors (Lipinski definition) is 5. The number of nitrogens with zero attached hydrogens (tertiary/aromatic N) is 1. The molecule has 14 heteroatoms. The van der Waals surface area contributed by atoms with Crippen molar-refractivity contribution in [3.8, 4) is 0 Å². The molecule has 1 aromatic rings. The van der Waals surface area contributed by atoms with E-state index < -0.39 is 42.3 Å². The van der Waals surface area contributed by atoms with Gasteiger partial charge < -0.3 is 15.4 Å². The normalized spacial score (nSPS) is 21.1. The number of hydrogen-bond donors (Lipinski definition) is 3. The fourth-order valence-electron chi connectivity index (χ4n) is 2.62. The maximum Gasteiger partial charge on any atom is 0.418 e. The molecule has 2 heterocycles. The first-order chi connectivity index (χ1) is 14.9. The molecule has 8 nitrogen and oxygen atoms in total. The van der Waals surface area contributed by atoms with E-state index in [2.05, 4.69) is 10.6 Å². The second kappa shape index (κ2) is 10.3. The Balaban J connectivity index is 0.000000278. The van der Waals surface area contributed by atoms with Crippen molar-refractivity contribution in [3.63, 3.8) is 0 Å². The molecule has 3 N–H and O–H groups in total. The number of ether oxygens (including phenoxy) is 1. The molecule has 32 heavy (non-hydrogen) atoms. The van der Waals surface area contributed by atoms with Crippen LogP contribution >= 0.6 is 0 Å². The van der Waals surface area contributed by atoms with Crippen LogP contribution in [0.5, 0.6) is 0 Å². The number of amides is 3. The van der Waals surface area contributed by atoms with E-state index >= 15 is 0 Å². The molecule has 2 aliphatic rings. The number of rotatable bonds is 2. The van der Waals surface area contributed by atoms with Crippen molar-refractivity contribution >= 4 is 17.9 Å². The average Bonchev–Trinajstić information content (AvgIpc) is 2.71. The number of halogens is 6. The minimum Gasteiger partial charge on any atom is -0.444 e. The number of benzene rings is 1. The van der Waals surface area contributed by atoms with Gasteiger partial charge in [-0.05, 0) is 5.56 Å². The summed E-state index contributed by atoms with van der Waals surface area (Å²) < 4.78 is 78.9. The molecular formula is C18H18F6N4O4. The van der Waals surface area contributed by atoms with Gasteiger partial charge in [-0.1, -0.05) is 30.3 Å². The molecule has 0 aromatic heterocycles. The highest BCUT2D eigenvalue weighted by Gasteiger charge is 2.51. The molecule has 0 aliphatic carbocycles. The zero-order valence-corrected chi connectivity index (χ0v) is 16.2. The molecule has 1 saturated heterocycles. The Bertz CT molecular complexity index is 844. The summed E-state index contributed by atoms with van der Waals surface area (Å²) >= 11 is 0. The van der Waals surface area contributed by atoms with Crippen molar-refractivity contribution in [2.45, 2.75) is 31.0 Å². The molecule has 0 spiro atoms. The van der Waals surface area contributed by atoms with E-state index in [1.165, 1.54) is 0 Å². The van der Waals surface area contributed by atoms with E-state index in [0.717, 1.165) is 12.4 Å². The Labute approximate surface area is 177 Å². The van der Waals surface area contributed by atoms with Gasteiger partial charge in [-0.15, -0.1) is 0 Å². The summed E-state index contributed by atoms with van der Waals surface area (Å²) in [6.07, 6.45) is -8.83. The Morgan fingerprint density at radius 1 is 1.00 bits per heavy atom. The SMILES string of the molecule is O=C1NC=CN(C(=O)OCc2ccccc2)C1C(F)(F)F.O=C1NCCNC1C(F)(F)F.